The molecule has 0 amide bonds. The summed E-state index contributed by atoms with van der Waals surface area (Å²) in [7, 11) is 0. The van der Waals surface area contributed by atoms with E-state index in [1.165, 1.54) is 5.56 Å². The number of aryl methyl sites for hydroxylation is 1. The SMILES string of the molecule is CCCCOCCOCC(=O)c1ccc(CC)cc1. The van der Waals surface area contributed by atoms with Crippen molar-refractivity contribution < 1.29 is 14.3 Å². The molecule has 0 aliphatic heterocycles. The second kappa shape index (κ2) is 9.70. The second-order valence-electron chi connectivity index (χ2n) is 4.49. The molecule has 0 bridgehead atoms. The predicted octanol–water partition coefficient (Wildman–Crippen LogP) is 3.27. The number of hydrogen-bond donors (Lipinski definition) is 0. The summed E-state index contributed by atoms with van der Waals surface area (Å²) in [6.07, 6.45) is 3.19. The van der Waals surface area contributed by atoms with Gasteiger partial charge in [0.05, 0.1) is 13.2 Å². The van der Waals surface area contributed by atoms with Gasteiger partial charge in [0.2, 0.25) is 0 Å². The van der Waals surface area contributed by atoms with Gasteiger partial charge in [-0.3, -0.25) is 4.79 Å². The molecule has 0 aliphatic rings. The van der Waals surface area contributed by atoms with Crippen LogP contribution in [0, 0.1) is 0 Å². The van der Waals surface area contributed by atoms with E-state index in [1.807, 2.05) is 24.3 Å². The molecule has 0 spiro atoms. The molecule has 0 saturated carbocycles. The van der Waals surface area contributed by atoms with Gasteiger partial charge in [0, 0.05) is 12.2 Å². The fourth-order valence-electron chi connectivity index (χ4n) is 1.64. The molecule has 0 radical (unpaired) electrons. The Kier molecular flexibility index (Phi) is 8.10. The first-order valence-corrected chi connectivity index (χ1v) is 7.05. The van der Waals surface area contributed by atoms with E-state index < -0.39 is 0 Å². The lowest BCUT2D eigenvalue weighted by Gasteiger charge is -2.05. The third-order valence-electron chi connectivity index (χ3n) is 2.93. The number of benzene rings is 1. The third kappa shape index (κ3) is 6.50. The topological polar surface area (TPSA) is 35.5 Å². The summed E-state index contributed by atoms with van der Waals surface area (Å²) < 4.78 is 10.7. The Balaban J connectivity index is 2.16. The Bertz CT molecular complexity index is 357. The maximum Gasteiger partial charge on any atom is 0.188 e. The van der Waals surface area contributed by atoms with Gasteiger partial charge in [0.25, 0.3) is 0 Å². The van der Waals surface area contributed by atoms with Crippen molar-refractivity contribution in [1.82, 2.24) is 0 Å². The number of rotatable bonds is 10. The normalized spacial score (nSPS) is 10.6. The lowest BCUT2D eigenvalue weighted by Crippen LogP contribution is -2.13. The first-order valence-electron chi connectivity index (χ1n) is 7.05. The van der Waals surface area contributed by atoms with Crippen molar-refractivity contribution >= 4 is 5.78 Å². The van der Waals surface area contributed by atoms with Crippen LogP contribution in [0.3, 0.4) is 0 Å². The van der Waals surface area contributed by atoms with E-state index in [2.05, 4.69) is 13.8 Å². The number of carbonyl (C=O) groups is 1. The number of hydrogen-bond acceptors (Lipinski definition) is 3. The van der Waals surface area contributed by atoms with Crippen LogP contribution < -0.4 is 0 Å². The van der Waals surface area contributed by atoms with Gasteiger partial charge in [-0.25, -0.2) is 0 Å². The number of Topliss-reactive ketones (excluding diaryl/α,β-unsaturated/α-hetero) is 1. The summed E-state index contributed by atoms with van der Waals surface area (Å²) in [5.74, 6) is 0.0243. The molecule has 19 heavy (non-hydrogen) atoms. The van der Waals surface area contributed by atoms with E-state index in [1.54, 1.807) is 0 Å². The van der Waals surface area contributed by atoms with Crippen LogP contribution in [0.1, 0.15) is 42.6 Å². The molecule has 3 nitrogen and oxygen atoms in total. The lowest BCUT2D eigenvalue weighted by atomic mass is 10.1. The molecule has 0 N–H and O–H groups in total. The van der Waals surface area contributed by atoms with Gasteiger partial charge in [-0.2, -0.15) is 0 Å². The largest absolute Gasteiger partial charge is 0.379 e. The molecule has 1 aromatic rings. The van der Waals surface area contributed by atoms with Crippen molar-refractivity contribution in [2.24, 2.45) is 0 Å². The predicted molar refractivity (Wildman–Crippen MR) is 76.7 cm³/mol. The average molecular weight is 264 g/mol. The van der Waals surface area contributed by atoms with Crippen molar-refractivity contribution in [1.29, 1.82) is 0 Å². The van der Waals surface area contributed by atoms with E-state index in [0.29, 0.717) is 18.8 Å². The summed E-state index contributed by atoms with van der Waals surface area (Å²) in [5.41, 5.74) is 1.95. The highest BCUT2D eigenvalue weighted by atomic mass is 16.5. The van der Waals surface area contributed by atoms with Crippen LogP contribution in [-0.4, -0.2) is 32.2 Å². The van der Waals surface area contributed by atoms with Crippen LogP contribution >= 0.6 is 0 Å². The van der Waals surface area contributed by atoms with Crippen LogP contribution in [0.2, 0.25) is 0 Å². The zero-order valence-corrected chi connectivity index (χ0v) is 12.0. The maximum atomic E-state index is 11.8. The minimum absolute atomic E-state index is 0.0243. The smallest absolute Gasteiger partial charge is 0.188 e. The van der Waals surface area contributed by atoms with E-state index in [0.717, 1.165) is 25.9 Å². The highest BCUT2D eigenvalue weighted by molar-refractivity contribution is 5.97. The van der Waals surface area contributed by atoms with Crippen LogP contribution in [0.5, 0.6) is 0 Å². The van der Waals surface area contributed by atoms with Crippen LogP contribution in [0.15, 0.2) is 24.3 Å². The Morgan fingerprint density at radius 3 is 2.32 bits per heavy atom. The van der Waals surface area contributed by atoms with Crippen molar-refractivity contribution in [3.63, 3.8) is 0 Å². The van der Waals surface area contributed by atoms with Crippen LogP contribution in [0.25, 0.3) is 0 Å². The van der Waals surface area contributed by atoms with E-state index in [4.69, 9.17) is 9.47 Å². The second-order valence-corrected chi connectivity index (χ2v) is 4.49. The molecule has 0 fully saturated rings. The van der Waals surface area contributed by atoms with Gasteiger partial charge in [0.1, 0.15) is 6.61 Å². The minimum Gasteiger partial charge on any atom is -0.379 e. The standard InChI is InChI=1S/C16H24O3/c1-3-5-10-18-11-12-19-13-16(17)15-8-6-14(4-2)7-9-15/h6-9H,3-5,10-13H2,1-2H3. The zero-order chi connectivity index (χ0) is 13.9. The zero-order valence-electron chi connectivity index (χ0n) is 12.0. The maximum absolute atomic E-state index is 11.8. The fraction of sp³-hybridized carbons (Fsp3) is 0.562. The van der Waals surface area contributed by atoms with Crippen LogP contribution in [-0.2, 0) is 15.9 Å². The Morgan fingerprint density at radius 1 is 1.00 bits per heavy atom. The summed E-state index contributed by atoms with van der Waals surface area (Å²) in [6, 6.07) is 7.70. The molecule has 3 heteroatoms. The van der Waals surface area contributed by atoms with Crippen molar-refractivity contribution in [3.8, 4) is 0 Å². The van der Waals surface area contributed by atoms with Gasteiger partial charge < -0.3 is 9.47 Å². The summed E-state index contributed by atoms with van der Waals surface area (Å²) in [4.78, 5) is 11.8. The molecule has 0 aliphatic carbocycles. The fourth-order valence-corrected chi connectivity index (χ4v) is 1.64. The van der Waals surface area contributed by atoms with Gasteiger partial charge in [-0.15, -0.1) is 0 Å². The molecular formula is C16H24O3. The van der Waals surface area contributed by atoms with Crippen LogP contribution in [0.4, 0.5) is 0 Å². The molecular weight excluding hydrogens is 240 g/mol. The molecule has 0 atom stereocenters. The molecule has 0 unspecified atom stereocenters. The first kappa shape index (κ1) is 15.9. The Labute approximate surface area is 115 Å². The molecule has 0 heterocycles. The van der Waals surface area contributed by atoms with E-state index in [9.17, 15) is 4.79 Å². The number of ketones is 1. The number of carbonyl (C=O) groups excluding carboxylic acids is 1. The minimum atomic E-state index is 0.0243. The van der Waals surface area contributed by atoms with Gasteiger partial charge in [-0.05, 0) is 18.4 Å². The number of unbranched alkanes of at least 4 members (excludes halogenated alkanes) is 1. The van der Waals surface area contributed by atoms with Gasteiger partial charge >= 0.3 is 0 Å². The monoisotopic (exact) mass is 264 g/mol. The highest BCUT2D eigenvalue weighted by Gasteiger charge is 2.05. The third-order valence-corrected chi connectivity index (χ3v) is 2.93. The van der Waals surface area contributed by atoms with Crippen molar-refractivity contribution in [2.75, 3.05) is 26.4 Å². The molecule has 0 aromatic heterocycles. The molecule has 106 valence electrons. The summed E-state index contributed by atoms with van der Waals surface area (Å²) in [6.45, 7) is 6.15. The van der Waals surface area contributed by atoms with Crippen molar-refractivity contribution in [3.05, 3.63) is 35.4 Å². The molecule has 1 aromatic carbocycles. The summed E-state index contributed by atoms with van der Waals surface area (Å²) >= 11 is 0. The van der Waals surface area contributed by atoms with Crippen molar-refractivity contribution in [2.45, 2.75) is 33.1 Å². The summed E-state index contributed by atoms with van der Waals surface area (Å²) in [5, 5.41) is 0. The first-order chi connectivity index (χ1) is 9.27. The quantitative estimate of drug-likeness (QED) is 0.480. The average Bonchev–Trinajstić information content (AvgIpc) is 2.46. The Hall–Kier alpha value is -1.19. The van der Waals surface area contributed by atoms with E-state index >= 15 is 0 Å². The van der Waals surface area contributed by atoms with Gasteiger partial charge in [0.15, 0.2) is 5.78 Å². The lowest BCUT2D eigenvalue weighted by molar-refractivity contribution is 0.0432. The van der Waals surface area contributed by atoms with Gasteiger partial charge in [-0.1, -0.05) is 44.5 Å². The molecule has 0 saturated heterocycles. The number of ether oxygens (including phenoxy) is 2. The van der Waals surface area contributed by atoms with E-state index in [-0.39, 0.29) is 12.4 Å². The Morgan fingerprint density at radius 2 is 1.68 bits per heavy atom. The molecule has 1 rings (SSSR count). The highest BCUT2D eigenvalue weighted by Crippen LogP contribution is 2.06.